The molecular weight excluding hydrogens is 332 g/mol. The number of pyridine rings is 1. The van der Waals surface area contributed by atoms with Gasteiger partial charge >= 0.3 is 0 Å². The lowest BCUT2D eigenvalue weighted by molar-refractivity contribution is -0.129. The van der Waals surface area contributed by atoms with E-state index in [-0.39, 0.29) is 12.3 Å². The molecule has 2 amide bonds. The molecule has 26 heavy (non-hydrogen) atoms. The summed E-state index contributed by atoms with van der Waals surface area (Å²) < 4.78 is 0. The molecule has 1 heterocycles. The van der Waals surface area contributed by atoms with Crippen LogP contribution < -0.4 is 10.9 Å². The van der Waals surface area contributed by atoms with Crippen molar-refractivity contribution < 1.29 is 14.8 Å². The molecule has 2 rings (SSSR count). The molecule has 3 N–H and O–H groups in total. The highest BCUT2D eigenvalue weighted by Gasteiger charge is 2.02. The number of benzene rings is 1. The molecule has 7 heteroatoms. The third-order valence-corrected chi connectivity index (χ3v) is 3.71. The van der Waals surface area contributed by atoms with Crippen LogP contribution in [-0.4, -0.2) is 28.2 Å². The summed E-state index contributed by atoms with van der Waals surface area (Å²) in [5.74, 6) is -0.578. The van der Waals surface area contributed by atoms with E-state index in [0.29, 0.717) is 19.3 Å². The molecular formula is C19H22N4O3. The van der Waals surface area contributed by atoms with E-state index >= 15 is 0 Å². The van der Waals surface area contributed by atoms with Gasteiger partial charge in [-0.15, -0.1) is 0 Å². The molecule has 0 aliphatic heterocycles. The summed E-state index contributed by atoms with van der Waals surface area (Å²) in [7, 11) is 0. The number of rotatable bonds is 9. The van der Waals surface area contributed by atoms with Crippen LogP contribution in [-0.2, 0) is 9.59 Å². The van der Waals surface area contributed by atoms with Gasteiger partial charge in [-0.25, -0.2) is 10.9 Å². The first-order valence-corrected chi connectivity index (χ1v) is 8.45. The summed E-state index contributed by atoms with van der Waals surface area (Å²) in [6.07, 6.45) is 5.97. The van der Waals surface area contributed by atoms with Crippen molar-refractivity contribution in [3.05, 3.63) is 54.2 Å². The van der Waals surface area contributed by atoms with Crippen LogP contribution in [0.2, 0.25) is 0 Å². The predicted molar refractivity (Wildman–Crippen MR) is 98.4 cm³/mol. The van der Waals surface area contributed by atoms with Gasteiger partial charge in [-0.3, -0.25) is 19.8 Å². The maximum absolute atomic E-state index is 11.7. The van der Waals surface area contributed by atoms with Gasteiger partial charge in [-0.2, -0.15) is 5.10 Å². The van der Waals surface area contributed by atoms with Crippen LogP contribution in [0.25, 0.3) is 11.3 Å². The van der Waals surface area contributed by atoms with Crippen LogP contribution in [0.3, 0.4) is 0 Å². The quantitative estimate of drug-likeness (QED) is 0.279. The van der Waals surface area contributed by atoms with E-state index in [9.17, 15) is 9.59 Å². The Morgan fingerprint density at radius 1 is 1.00 bits per heavy atom. The number of hydroxylamine groups is 1. The highest BCUT2D eigenvalue weighted by atomic mass is 16.5. The van der Waals surface area contributed by atoms with Gasteiger partial charge in [0.25, 0.3) is 0 Å². The standard InChI is InChI=1S/C19H22N4O3/c24-18(7-2-1-3-8-19(25)23-26)22-21-14-15-9-11-16(12-10-15)17-6-4-5-13-20-17/h4-6,9-14,26H,1-3,7-8H2,(H,22,24)(H,23,25). The third kappa shape index (κ3) is 6.82. The van der Waals surface area contributed by atoms with Gasteiger partial charge < -0.3 is 0 Å². The molecule has 0 saturated heterocycles. The minimum absolute atomic E-state index is 0.169. The number of nitrogens with zero attached hydrogens (tertiary/aromatic N) is 2. The first kappa shape index (κ1) is 19.3. The van der Waals surface area contributed by atoms with Gasteiger partial charge in [0.2, 0.25) is 11.8 Å². The Bertz CT molecular complexity index is 730. The van der Waals surface area contributed by atoms with Crippen molar-refractivity contribution >= 4 is 18.0 Å². The second-order valence-electron chi connectivity index (χ2n) is 5.73. The second kappa shape index (κ2) is 10.7. The Morgan fingerprint density at radius 2 is 1.73 bits per heavy atom. The molecule has 2 aromatic rings. The smallest absolute Gasteiger partial charge is 0.243 e. The topological polar surface area (TPSA) is 104 Å². The molecule has 0 radical (unpaired) electrons. The summed E-state index contributed by atoms with van der Waals surface area (Å²) in [6, 6.07) is 13.5. The molecule has 1 aromatic carbocycles. The number of hydrazone groups is 1. The fourth-order valence-corrected chi connectivity index (χ4v) is 2.31. The van der Waals surface area contributed by atoms with E-state index in [1.54, 1.807) is 17.9 Å². The molecule has 0 aliphatic rings. The summed E-state index contributed by atoms with van der Waals surface area (Å²) in [5, 5.41) is 12.3. The van der Waals surface area contributed by atoms with Crippen molar-refractivity contribution in [1.82, 2.24) is 15.9 Å². The lowest BCUT2D eigenvalue weighted by Gasteiger charge is -2.02. The number of hydrogen-bond acceptors (Lipinski definition) is 5. The minimum Gasteiger partial charge on any atom is -0.289 e. The van der Waals surface area contributed by atoms with E-state index in [1.165, 1.54) is 0 Å². The van der Waals surface area contributed by atoms with Crippen LogP contribution >= 0.6 is 0 Å². The van der Waals surface area contributed by atoms with Crippen LogP contribution in [0.4, 0.5) is 0 Å². The Morgan fingerprint density at radius 3 is 2.38 bits per heavy atom. The first-order chi connectivity index (χ1) is 12.7. The molecule has 136 valence electrons. The monoisotopic (exact) mass is 354 g/mol. The number of nitrogens with one attached hydrogen (secondary N) is 2. The fraction of sp³-hybridized carbons (Fsp3) is 0.263. The van der Waals surface area contributed by atoms with Crippen molar-refractivity contribution in [2.45, 2.75) is 32.1 Å². The van der Waals surface area contributed by atoms with Crippen LogP contribution in [0.1, 0.15) is 37.7 Å². The van der Waals surface area contributed by atoms with E-state index in [1.807, 2.05) is 42.5 Å². The molecule has 0 unspecified atom stereocenters. The van der Waals surface area contributed by atoms with Gasteiger partial charge in [-0.1, -0.05) is 36.8 Å². The molecule has 0 saturated carbocycles. The highest BCUT2D eigenvalue weighted by Crippen LogP contribution is 2.16. The molecule has 1 aromatic heterocycles. The Kier molecular flexibility index (Phi) is 7.95. The molecule has 7 nitrogen and oxygen atoms in total. The minimum atomic E-state index is -0.409. The number of amides is 2. The molecule has 0 fully saturated rings. The zero-order valence-electron chi connectivity index (χ0n) is 14.4. The van der Waals surface area contributed by atoms with Gasteiger partial charge in [0, 0.05) is 24.6 Å². The van der Waals surface area contributed by atoms with E-state index in [0.717, 1.165) is 23.2 Å². The zero-order chi connectivity index (χ0) is 18.6. The average Bonchev–Trinajstić information content (AvgIpc) is 2.68. The molecule has 0 bridgehead atoms. The van der Waals surface area contributed by atoms with Crippen molar-refractivity contribution in [2.75, 3.05) is 0 Å². The van der Waals surface area contributed by atoms with Gasteiger partial charge in [-0.05, 0) is 30.5 Å². The number of unbranched alkanes of at least 4 members (excludes halogenated alkanes) is 2. The lowest BCUT2D eigenvalue weighted by Crippen LogP contribution is -2.18. The van der Waals surface area contributed by atoms with Crippen molar-refractivity contribution in [1.29, 1.82) is 0 Å². The Hall–Kier alpha value is -3.06. The van der Waals surface area contributed by atoms with Gasteiger partial charge in [0.05, 0.1) is 11.9 Å². The van der Waals surface area contributed by atoms with Crippen LogP contribution in [0, 0.1) is 0 Å². The maximum Gasteiger partial charge on any atom is 0.243 e. The lowest BCUT2D eigenvalue weighted by atomic mass is 10.1. The highest BCUT2D eigenvalue weighted by molar-refractivity contribution is 5.83. The molecule has 0 atom stereocenters. The average molecular weight is 354 g/mol. The fourth-order valence-electron chi connectivity index (χ4n) is 2.31. The molecule has 0 spiro atoms. The summed E-state index contributed by atoms with van der Waals surface area (Å²) in [4.78, 5) is 26.8. The van der Waals surface area contributed by atoms with Crippen LogP contribution in [0.15, 0.2) is 53.8 Å². The van der Waals surface area contributed by atoms with Crippen LogP contribution in [0.5, 0.6) is 0 Å². The number of carbonyl (C=O) groups excluding carboxylic acids is 2. The van der Waals surface area contributed by atoms with Gasteiger partial charge in [0.1, 0.15) is 0 Å². The summed E-state index contributed by atoms with van der Waals surface area (Å²) >= 11 is 0. The maximum atomic E-state index is 11.7. The number of hydrogen-bond donors (Lipinski definition) is 3. The zero-order valence-corrected chi connectivity index (χ0v) is 14.4. The largest absolute Gasteiger partial charge is 0.289 e. The van der Waals surface area contributed by atoms with E-state index in [2.05, 4.69) is 15.5 Å². The summed E-state index contributed by atoms with van der Waals surface area (Å²) in [5.41, 5.74) is 6.86. The number of aromatic nitrogens is 1. The SMILES string of the molecule is O=C(CCCCCC(=O)NN=Cc1ccc(-c2ccccn2)cc1)NO. The van der Waals surface area contributed by atoms with E-state index in [4.69, 9.17) is 5.21 Å². The molecule has 0 aliphatic carbocycles. The Labute approximate surface area is 152 Å². The normalized spacial score (nSPS) is 10.7. The Balaban J connectivity index is 1.69. The van der Waals surface area contributed by atoms with Crippen molar-refractivity contribution in [2.24, 2.45) is 5.10 Å². The van der Waals surface area contributed by atoms with Gasteiger partial charge in [0.15, 0.2) is 0 Å². The number of carbonyl (C=O) groups is 2. The van der Waals surface area contributed by atoms with E-state index < -0.39 is 5.91 Å². The van der Waals surface area contributed by atoms with Crippen molar-refractivity contribution in [3.8, 4) is 11.3 Å². The summed E-state index contributed by atoms with van der Waals surface area (Å²) in [6.45, 7) is 0. The predicted octanol–water partition coefficient (Wildman–Crippen LogP) is 2.65. The third-order valence-electron chi connectivity index (χ3n) is 3.71. The second-order valence-corrected chi connectivity index (χ2v) is 5.73. The first-order valence-electron chi connectivity index (χ1n) is 8.45. The van der Waals surface area contributed by atoms with Crippen molar-refractivity contribution in [3.63, 3.8) is 0 Å².